The van der Waals surface area contributed by atoms with Gasteiger partial charge in [-0.3, -0.25) is 0 Å². The zero-order valence-electron chi connectivity index (χ0n) is 12.2. The van der Waals surface area contributed by atoms with Crippen molar-refractivity contribution in [3.8, 4) is 0 Å². The van der Waals surface area contributed by atoms with Crippen LogP contribution in [-0.2, 0) is 0 Å². The van der Waals surface area contributed by atoms with E-state index in [-0.39, 0.29) is 0 Å². The highest BCUT2D eigenvalue weighted by atomic mass is 14.9. The van der Waals surface area contributed by atoms with Crippen molar-refractivity contribution >= 4 is 0 Å². The molecule has 3 rings (SSSR count). The molecule has 0 saturated heterocycles. The lowest BCUT2D eigenvalue weighted by molar-refractivity contribution is -0.0287. The van der Waals surface area contributed by atoms with Crippen LogP contribution >= 0.6 is 0 Å². The third-order valence-electron chi connectivity index (χ3n) is 6.79. The summed E-state index contributed by atoms with van der Waals surface area (Å²) in [7, 11) is 0. The zero-order valence-corrected chi connectivity index (χ0v) is 12.2. The Morgan fingerprint density at radius 2 is 1.94 bits per heavy atom. The molecule has 0 aromatic rings. The van der Waals surface area contributed by atoms with Gasteiger partial charge in [0.15, 0.2) is 0 Å². The van der Waals surface area contributed by atoms with Crippen molar-refractivity contribution in [2.24, 2.45) is 40.9 Å². The molecular weight excluding hydrogens is 204 g/mol. The van der Waals surface area contributed by atoms with E-state index in [1.54, 1.807) is 12.8 Å². The van der Waals surface area contributed by atoms with Gasteiger partial charge in [-0.05, 0) is 53.8 Å². The molecule has 7 unspecified atom stereocenters. The van der Waals surface area contributed by atoms with Crippen LogP contribution in [0.2, 0.25) is 0 Å². The van der Waals surface area contributed by atoms with Crippen molar-refractivity contribution in [2.75, 3.05) is 0 Å². The Morgan fingerprint density at radius 3 is 2.47 bits per heavy atom. The van der Waals surface area contributed by atoms with E-state index >= 15 is 0 Å². The molecule has 3 aliphatic carbocycles. The van der Waals surface area contributed by atoms with Crippen LogP contribution in [-0.4, -0.2) is 0 Å². The molecule has 0 radical (unpaired) electrons. The Balaban J connectivity index is 1.72. The molecule has 0 N–H and O–H groups in total. The van der Waals surface area contributed by atoms with Crippen molar-refractivity contribution < 1.29 is 0 Å². The normalized spacial score (nSPS) is 51.9. The zero-order chi connectivity index (χ0) is 12.2. The second kappa shape index (κ2) is 4.00. The number of hydrogen-bond donors (Lipinski definition) is 0. The molecule has 3 fully saturated rings. The molecule has 98 valence electrons. The van der Waals surface area contributed by atoms with Gasteiger partial charge < -0.3 is 0 Å². The fraction of sp³-hybridized carbons (Fsp3) is 1.00. The average molecular weight is 234 g/mol. The number of unbranched alkanes of at least 4 members (excludes halogenated alkanes) is 1. The predicted octanol–water partition coefficient (Wildman–Crippen LogP) is 5.13. The van der Waals surface area contributed by atoms with E-state index in [1.807, 2.05) is 0 Å². The maximum atomic E-state index is 2.57. The minimum atomic E-state index is 0.826. The topological polar surface area (TPSA) is 0 Å². The summed E-state index contributed by atoms with van der Waals surface area (Å²) in [5.41, 5.74) is 0.826. The molecule has 3 aliphatic rings. The van der Waals surface area contributed by atoms with E-state index in [0.29, 0.717) is 0 Å². The highest BCUT2D eigenvalue weighted by Gasteiger charge is 2.81. The molecule has 0 heterocycles. The average Bonchev–Trinajstić information content (AvgIpc) is 2.85. The molecular formula is C17H30. The van der Waals surface area contributed by atoms with Gasteiger partial charge in [0.05, 0.1) is 0 Å². The summed E-state index contributed by atoms with van der Waals surface area (Å²) in [5.74, 6) is 6.76. The molecule has 7 atom stereocenters. The van der Waals surface area contributed by atoms with E-state index in [0.717, 1.165) is 23.2 Å². The van der Waals surface area contributed by atoms with Crippen LogP contribution in [0.25, 0.3) is 0 Å². The molecule has 3 saturated carbocycles. The fourth-order valence-corrected chi connectivity index (χ4v) is 6.04. The van der Waals surface area contributed by atoms with Crippen molar-refractivity contribution in [1.82, 2.24) is 0 Å². The number of rotatable bonds is 6. The lowest BCUT2D eigenvalue weighted by atomic mass is 9.54. The van der Waals surface area contributed by atoms with Crippen LogP contribution in [0.3, 0.4) is 0 Å². The summed E-state index contributed by atoms with van der Waals surface area (Å²) in [6, 6.07) is 0. The van der Waals surface area contributed by atoms with Crippen LogP contribution in [0.5, 0.6) is 0 Å². The van der Waals surface area contributed by atoms with Crippen LogP contribution in [0.15, 0.2) is 0 Å². The standard InChI is InChI=1S/C17H30/c1-5-7-9-17(12(4)8-6-2)15-13-10-11(3)14(13)16(15)17/h11-16H,5-10H2,1-4H3. The summed E-state index contributed by atoms with van der Waals surface area (Å²) in [6.07, 6.45) is 8.86. The summed E-state index contributed by atoms with van der Waals surface area (Å²) in [6.45, 7) is 9.80. The lowest BCUT2D eigenvalue weighted by Crippen LogP contribution is -2.45. The summed E-state index contributed by atoms with van der Waals surface area (Å²) in [5, 5.41) is 0. The van der Waals surface area contributed by atoms with Gasteiger partial charge in [-0.1, -0.05) is 53.4 Å². The van der Waals surface area contributed by atoms with Crippen LogP contribution in [0.1, 0.15) is 66.2 Å². The molecule has 0 aliphatic heterocycles. The third kappa shape index (κ3) is 1.36. The van der Waals surface area contributed by atoms with E-state index in [2.05, 4.69) is 27.7 Å². The van der Waals surface area contributed by atoms with Crippen LogP contribution in [0, 0.1) is 40.9 Å². The predicted molar refractivity (Wildman–Crippen MR) is 73.8 cm³/mol. The summed E-state index contributed by atoms with van der Waals surface area (Å²) >= 11 is 0. The quantitative estimate of drug-likeness (QED) is 0.597. The van der Waals surface area contributed by atoms with Gasteiger partial charge in [0.1, 0.15) is 0 Å². The van der Waals surface area contributed by atoms with Gasteiger partial charge >= 0.3 is 0 Å². The van der Waals surface area contributed by atoms with Gasteiger partial charge in [0.25, 0.3) is 0 Å². The van der Waals surface area contributed by atoms with Crippen LogP contribution in [0.4, 0.5) is 0 Å². The Morgan fingerprint density at radius 1 is 1.18 bits per heavy atom. The Labute approximate surface area is 108 Å². The Bertz CT molecular complexity index is 290. The molecule has 0 spiro atoms. The largest absolute Gasteiger partial charge is 0.0654 e. The van der Waals surface area contributed by atoms with E-state index in [9.17, 15) is 0 Å². The van der Waals surface area contributed by atoms with Crippen molar-refractivity contribution in [1.29, 1.82) is 0 Å². The van der Waals surface area contributed by atoms with Gasteiger partial charge in [0, 0.05) is 0 Å². The van der Waals surface area contributed by atoms with Crippen molar-refractivity contribution in [2.45, 2.75) is 66.2 Å². The lowest BCUT2D eigenvalue weighted by Gasteiger charge is -2.51. The van der Waals surface area contributed by atoms with Gasteiger partial charge in [-0.2, -0.15) is 0 Å². The number of hydrogen-bond acceptors (Lipinski definition) is 0. The molecule has 17 heavy (non-hydrogen) atoms. The summed E-state index contributed by atoms with van der Waals surface area (Å²) in [4.78, 5) is 0. The second-order valence-corrected chi connectivity index (χ2v) is 7.41. The molecule has 0 amide bonds. The van der Waals surface area contributed by atoms with Crippen LogP contribution < -0.4 is 0 Å². The van der Waals surface area contributed by atoms with E-state index in [1.165, 1.54) is 43.4 Å². The maximum Gasteiger partial charge on any atom is -0.0204 e. The smallest absolute Gasteiger partial charge is 0.0204 e. The van der Waals surface area contributed by atoms with E-state index in [4.69, 9.17) is 0 Å². The molecule has 0 heteroatoms. The highest BCUT2D eigenvalue weighted by molar-refractivity contribution is 5.29. The van der Waals surface area contributed by atoms with Gasteiger partial charge in [-0.15, -0.1) is 0 Å². The maximum absolute atomic E-state index is 2.57. The molecule has 0 nitrogen and oxygen atoms in total. The van der Waals surface area contributed by atoms with Gasteiger partial charge in [0.2, 0.25) is 0 Å². The Kier molecular flexibility index (Phi) is 2.84. The molecule has 0 aromatic carbocycles. The van der Waals surface area contributed by atoms with Crippen molar-refractivity contribution in [3.05, 3.63) is 0 Å². The first-order valence-corrected chi connectivity index (χ1v) is 8.18. The number of fused-ring (bicyclic) bond motifs is 4. The molecule has 0 bridgehead atoms. The SMILES string of the molecule is CCCCC1(C(C)CCC)C2C3CC(C)C3C21. The molecule has 0 aromatic heterocycles. The third-order valence-corrected chi connectivity index (χ3v) is 6.79. The van der Waals surface area contributed by atoms with E-state index < -0.39 is 0 Å². The first-order valence-electron chi connectivity index (χ1n) is 8.18. The minimum Gasteiger partial charge on any atom is -0.0654 e. The fourth-order valence-electron chi connectivity index (χ4n) is 6.04. The first-order chi connectivity index (χ1) is 8.18. The van der Waals surface area contributed by atoms with Crippen molar-refractivity contribution in [3.63, 3.8) is 0 Å². The monoisotopic (exact) mass is 234 g/mol. The summed E-state index contributed by atoms with van der Waals surface area (Å²) < 4.78 is 0. The first kappa shape index (κ1) is 12.1. The second-order valence-electron chi connectivity index (χ2n) is 7.41. The highest BCUT2D eigenvalue weighted by Crippen LogP contribution is 2.86. The Hall–Kier alpha value is 0. The minimum absolute atomic E-state index is 0.826. The van der Waals surface area contributed by atoms with Gasteiger partial charge in [-0.25, -0.2) is 0 Å².